The second-order valence-electron chi connectivity index (χ2n) is 5.36. The van der Waals surface area contributed by atoms with Gasteiger partial charge in [0.15, 0.2) is 0 Å². The zero-order chi connectivity index (χ0) is 14.4. The maximum atomic E-state index is 6.60. The summed E-state index contributed by atoms with van der Waals surface area (Å²) in [5.41, 5.74) is 9.04. The Hall–Kier alpha value is -1.67. The molecule has 0 saturated heterocycles. The third-order valence-corrected chi connectivity index (χ3v) is 4.48. The first kappa shape index (κ1) is 14.7. The van der Waals surface area contributed by atoms with E-state index in [9.17, 15) is 0 Å². The number of benzene rings is 1. The van der Waals surface area contributed by atoms with Gasteiger partial charge in [-0.25, -0.2) is 0 Å². The summed E-state index contributed by atoms with van der Waals surface area (Å²) in [6.07, 6.45) is 4.74. The quantitative estimate of drug-likeness (QED) is 0.867. The van der Waals surface area contributed by atoms with Crippen LogP contribution in [0.1, 0.15) is 37.9 Å². The molecular formula is C18H24N2. The van der Waals surface area contributed by atoms with Gasteiger partial charge < -0.3 is 5.73 Å². The Morgan fingerprint density at radius 2 is 1.65 bits per heavy atom. The third kappa shape index (κ3) is 2.91. The second kappa shape index (κ2) is 6.67. The molecule has 106 valence electrons. The minimum atomic E-state index is 0.0266. The lowest BCUT2D eigenvalue weighted by atomic mass is 9.69. The molecule has 0 amide bonds. The Balaban J connectivity index is 2.28. The van der Waals surface area contributed by atoms with Crippen LogP contribution in [0.5, 0.6) is 0 Å². The van der Waals surface area contributed by atoms with Gasteiger partial charge in [0, 0.05) is 29.8 Å². The molecule has 2 N–H and O–H groups in total. The number of nitrogens with two attached hydrogens (primary N) is 1. The topological polar surface area (TPSA) is 38.9 Å². The number of nitrogens with zero attached hydrogens (tertiary/aromatic N) is 1. The molecule has 2 nitrogen and oxygen atoms in total. The number of pyridine rings is 1. The van der Waals surface area contributed by atoms with E-state index in [4.69, 9.17) is 5.73 Å². The van der Waals surface area contributed by atoms with Crippen molar-refractivity contribution in [3.63, 3.8) is 0 Å². The largest absolute Gasteiger partial charge is 0.327 e. The van der Waals surface area contributed by atoms with E-state index in [0.29, 0.717) is 0 Å². The van der Waals surface area contributed by atoms with Gasteiger partial charge in [0.1, 0.15) is 0 Å². The van der Waals surface area contributed by atoms with E-state index < -0.39 is 0 Å². The molecule has 0 saturated carbocycles. The molecule has 0 aliphatic heterocycles. The van der Waals surface area contributed by atoms with E-state index in [-0.39, 0.29) is 11.5 Å². The van der Waals surface area contributed by atoms with Gasteiger partial charge in [-0.2, -0.15) is 0 Å². The molecular weight excluding hydrogens is 244 g/mol. The maximum absolute atomic E-state index is 6.60. The van der Waals surface area contributed by atoms with Crippen molar-refractivity contribution < 1.29 is 0 Å². The Labute approximate surface area is 122 Å². The summed E-state index contributed by atoms with van der Waals surface area (Å²) < 4.78 is 0. The van der Waals surface area contributed by atoms with E-state index in [1.54, 1.807) is 0 Å². The third-order valence-electron chi connectivity index (χ3n) is 4.48. The monoisotopic (exact) mass is 268 g/mol. The van der Waals surface area contributed by atoms with Gasteiger partial charge in [-0.1, -0.05) is 50.2 Å². The molecule has 2 rings (SSSR count). The molecule has 0 bridgehead atoms. The van der Waals surface area contributed by atoms with Crippen LogP contribution < -0.4 is 5.73 Å². The molecule has 2 heteroatoms. The van der Waals surface area contributed by atoms with Gasteiger partial charge in [-0.05, 0) is 30.5 Å². The van der Waals surface area contributed by atoms with Crippen LogP contribution in [-0.4, -0.2) is 11.0 Å². The summed E-state index contributed by atoms with van der Waals surface area (Å²) in [4.78, 5) is 4.41. The fourth-order valence-electron chi connectivity index (χ4n) is 3.11. The van der Waals surface area contributed by atoms with Gasteiger partial charge in [-0.3, -0.25) is 4.98 Å². The molecule has 0 aliphatic carbocycles. The maximum Gasteiger partial charge on any atom is 0.0419 e. The van der Waals surface area contributed by atoms with Crippen LogP contribution in [0.4, 0.5) is 0 Å². The second-order valence-corrected chi connectivity index (χ2v) is 5.36. The first-order valence-corrected chi connectivity index (χ1v) is 7.44. The summed E-state index contributed by atoms with van der Waals surface area (Å²) in [5, 5.41) is 0. The molecule has 20 heavy (non-hydrogen) atoms. The molecule has 1 aromatic carbocycles. The van der Waals surface area contributed by atoms with E-state index in [1.807, 2.05) is 18.3 Å². The van der Waals surface area contributed by atoms with Crippen LogP contribution in [0.3, 0.4) is 0 Å². The van der Waals surface area contributed by atoms with Crippen LogP contribution in [0, 0.1) is 0 Å². The average Bonchev–Trinajstić information content (AvgIpc) is 2.51. The molecule has 0 spiro atoms. The summed E-state index contributed by atoms with van der Waals surface area (Å²) in [6.45, 7) is 4.46. The highest BCUT2D eigenvalue weighted by atomic mass is 14.7. The molecule has 1 unspecified atom stereocenters. The van der Waals surface area contributed by atoms with E-state index in [0.717, 1.165) is 25.0 Å². The Bertz CT molecular complexity index is 503. The van der Waals surface area contributed by atoms with Crippen LogP contribution >= 0.6 is 0 Å². The van der Waals surface area contributed by atoms with Crippen LogP contribution in [0.25, 0.3) is 0 Å². The predicted octanol–water partition coefficient (Wildman–Crippen LogP) is 3.71. The molecule has 1 aromatic heterocycles. The van der Waals surface area contributed by atoms with Crippen LogP contribution in [-0.2, 0) is 11.8 Å². The minimum absolute atomic E-state index is 0.0266. The minimum Gasteiger partial charge on any atom is -0.327 e. The molecule has 0 radical (unpaired) electrons. The van der Waals surface area contributed by atoms with E-state index >= 15 is 0 Å². The normalized spacial score (nSPS) is 13.2. The molecule has 0 fully saturated rings. The van der Waals surface area contributed by atoms with Crippen molar-refractivity contribution in [2.45, 2.75) is 44.6 Å². The predicted molar refractivity (Wildman–Crippen MR) is 84.6 cm³/mol. The summed E-state index contributed by atoms with van der Waals surface area (Å²) in [5.74, 6) is 0. The fourth-order valence-corrected chi connectivity index (χ4v) is 3.11. The zero-order valence-electron chi connectivity index (χ0n) is 12.4. The average molecular weight is 268 g/mol. The van der Waals surface area contributed by atoms with Crippen molar-refractivity contribution in [2.75, 3.05) is 0 Å². The van der Waals surface area contributed by atoms with Gasteiger partial charge in [0.2, 0.25) is 0 Å². The Morgan fingerprint density at radius 3 is 2.20 bits per heavy atom. The molecule has 2 aromatic rings. The fraction of sp³-hybridized carbons (Fsp3) is 0.389. The van der Waals surface area contributed by atoms with Gasteiger partial charge in [-0.15, -0.1) is 0 Å². The molecule has 1 atom stereocenters. The lowest BCUT2D eigenvalue weighted by Gasteiger charge is -2.38. The molecule has 0 aliphatic rings. The Morgan fingerprint density at radius 1 is 1.00 bits per heavy atom. The van der Waals surface area contributed by atoms with Crippen LogP contribution in [0.2, 0.25) is 0 Å². The summed E-state index contributed by atoms with van der Waals surface area (Å²) >= 11 is 0. The zero-order valence-corrected chi connectivity index (χ0v) is 12.4. The van der Waals surface area contributed by atoms with Crippen molar-refractivity contribution in [1.82, 2.24) is 4.98 Å². The lowest BCUT2D eigenvalue weighted by Crippen LogP contribution is -2.46. The van der Waals surface area contributed by atoms with Gasteiger partial charge in [0.25, 0.3) is 0 Å². The summed E-state index contributed by atoms with van der Waals surface area (Å²) in [6, 6.07) is 16.8. The van der Waals surface area contributed by atoms with E-state index in [1.165, 1.54) is 5.56 Å². The van der Waals surface area contributed by atoms with Crippen molar-refractivity contribution in [3.8, 4) is 0 Å². The number of hydrogen-bond donors (Lipinski definition) is 1. The van der Waals surface area contributed by atoms with Crippen molar-refractivity contribution in [1.29, 1.82) is 0 Å². The standard InChI is InChI=1S/C18H24N2/c1-3-18(4-2,15-10-6-5-7-11-15)17(19)14-16-12-8-9-13-20-16/h5-13,17H,3-4,14,19H2,1-2H3. The highest BCUT2D eigenvalue weighted by molar-refractivity contribution is 5.28. The number of aromatic nitrogens is 1. The van der Waals surface area contributed by atoms with Gasteiger partial charge >= 0.3 is 0 Å². The van der Waals surface area contributed by atoms with E-state index in [2.05, 4.69) is 55.2 Å². The molecule has 1 heterocycles. The Kier molecular flexibility index (Phi) is 4.91. The number of rotatable bonds is 6. The summed E-state index contributed by atoms with van der Waals surface area (Å²) in [7, 11) is 0. The number of hydrogen-bond acceptors (Lipinski definition) is 2. The first-order valence-electron chi connectivity index (χ1n) is 7.44. The first-order chi connectivity index (χ1) is 9.73. The van der Waals surface area contributed by atoms with Crippen molar-refractivity contribution in [3.05, 3.63) is 66.0 Å². The SMILES string of the molecule is CCC(CC)(c1ccccc1)C(N)Cc1ccccn1. The lowest BCUT2D eigenvalue weighted by molar-refractivity contribution is 0.313. The van der Waals surface area contributed by atoms with Gasteiger partial charge in [0.05, 0.1) is 0 Å². The van der Waals surface area contributed by atoms with Crippen LogP contribution in [0.15, 0.2) is 54.7 Å². The highest BCUT2D eigenvalue weighted by Gasteiger charge is 2.35. The smallest absolute Gasteiger partial charge is 0.0419 e. The highest BCUT2D eigenvalue weighted by Crippen LogP contribution is 2.35. The van der Waals surface area contributed by atoms with Crippen molar-refractivity contribution >= 4 is 0 Å². The van der Waals surface area contributed by atoms with Crippen molar-refractivity contribution in [2.24, 2.45) is 5.73 Å².